The van der Waals surface area contributed by atoms with Gasteiger partial charge in [-0.1, -0.05) is 19.8 Å². The molecule has 1 aromatic heterocycles. The van der Waals surface area contributed by atoms with Gasteiger partial charge in [0, 0.05) is 17.6 Å². The summed E-state index contributed by atoms with van der Waals surface area (Å²) in [4.78, 5) is 17.9. The number of hydrogen-bond donors (Lipinski definition) is 1. The van der Waals surface area contributed by atoms with Crippen molar-refractivity contribution in [1.82, 2.24) is 20.0 Å². The predicted octanol–water partition coefficient (Wildman–Crippen LogP) is 5.37. The van der Waals surface area contributed by atoms with Crippen LogP contribution in [0, 0.1) is 5.92 Å². The molecule has 1 aliphatic rings. The van der Waals surface area contributed by atoms with Crippen molar-refractivity contribution in [2.45, 2.75) is 84.2 Å². The molecular formula is C19H33Cl2N5O. The van der Waals surface area contributed by atoms with Gasteiger partial charge in [0.2, 0.25) is 16.5 Å². The molecule has 0 saturated carbocycles. The predicted molar refractivity (Wildman–Crippen MR) is 111 cm³/mol. The minimum Gasteiger partial charge on any atom is -0.354 e. The number of nitrogens with zero attached hydrogens (tertiary/aromatic N) is 4. The Morgan fingerprint density at radius 1 is 1.04 bits per heavy atom. The Hall–Kier alpha value is -0.690. The van der Waals surface area contributed by atoms with Crippen LogP contribution in [0.15, 0.2) is 0 Å². The number of anilines is 1. The molecule has 1 saturated heterocycles. The van der Waals surface area contributed by atoms with Crippen LogP contribution in [0.25, 0.3) is 0 Å². The summed E-state index contributed by atoms with van der Waals surface area (Å²) in [6, 6.07) is 0. The van der Waals surface area contributed by atoms with E-state index in [0.717, 1.165) is 45.3 Å². The zero-order valence-corrected chi connectivity index (χ0v) is 18.7. The summed E-state index contributed by atoms with van der Waals surface area (Å²) in [6.45, 7) is 12.9. The molecule has 2 rings (SSSR count). The van der Waals surface area contributed by atoms with Gasteiger partial charge in [0.1, 0.15) is 0 Å². The van der Waals surface area contributed by atoms with Gasteiger partial charge in [0.15, 0.2) is 0 Å². The van der Waals surface area contributed by atoms with Gasteiger partial charge in [-0.3, -0.25) is 4.84 Å². The molecule has 1 N–H and O–H groups in total. The third kappa shape index (κ3) is 6.70. The third-order valence-corrected chi connectivity index (χ3v) is 5.34. The van der Waals surface area contributed by atoms with E-state index in [9.17, 15) is 0 Å². The van der Waals surface area contributed by atoms with Crippen molar-refractivity contribution in [2.75, 3.05) is 18.5 Å². The number of aromatic nitrogens is 3. The highest BCUT2D eigenvalue weighted by atomic mass is 35.5. The second-order valence-corrected chi connectivity index (χ2v) is 9.32. The fourth-order valence-corrected chi connectivity index (χ4v) is 4.73. The lowest BCUT2D eigenvalue weighted by atomic mass is 9.73. The first-order valence-corrected chi connectivity index (χ1v) is 10.6. The number of piperidine rings is 1. The van der Waals surface area contributed by atoms with Crippen LogP contribution in [0.1, 0.15) is 73.1 Å². The fraction of sp³-hybridized carbons (Fsp3) is 0.842. The number of rotatable bonds is 9. The van der Waals surface area contributed by atoms with E-state index in [2.05, 4.69) is 60.0 Å². The lowest BCUT2D eigenvalue weighted by Crippen LogP contribution is -2.60. The molecule has 0 aliphatic carbocycles. The van der Waals surface area contributed by atoms with Gasteiger partial charge in [-0.25, -0.2) is 0 Å². The third-order valence-electron chi connectivity index (χ3n) is 5.00. The van der Waals surface area contributed by atoms with Gasteiger partial charge in [-0.05, 0) is 82.5 Å². The van der Waals surface area contributed by atoms with E-state index in [1.54, 1.807) is 0 Å². The van der Waals surface area contributed by atoms with Crippen LogP contribution < -0.4 is 5.32 Å². The van der Waals surface area contributed by atoms with E-state index in [1.807, 2.05) is 0 Å². The molecule has 0 amide bonds. The van der Waals surface area contributed by atoms with Crippen LogP contribution in [0.5, 0.6) is 0 Å². The summed E-state index contributed by atoms with van der Waals surface area (Å²) >= 11 is 11.6. The molecule has 0 aromatic carbocycles. The van der Waals surface area contributed by atoms with Crippen LogP contribution in [0.4, 0.5) is 5.95 Å². The second kappa shape index (κ2) is 9.68. The SMILES string of the molecule is CCCON1C(C)(C)CC(CCCCNc2nc(Cl)nc(Cl)n2)CC1(C)C. The summed E-state index contributed by atoms with van der Waals surface area (Å²) in [5.41, 5.74) is 0.108. The molecule has 0 bridgehead atoms. The molecule has 154 valence electrons. The first-order chi connectivity index (χ1) is 12.6. The van der Waals surface area contributed by atoms with E-state index in [4.69, 9.17) is 28.0 Å². The van der Waals surface area contributed by atoms with Crippen LogP contribution in [0.2, 0.25) is 10.6 Å². The Bertz CT molecular complexity index is 574. The number of hydroxylamine groups is 2. The number of halogens is 2. The Balaban J connectivity index is 1.78. The van der Waals surface area contributed by atoms with E-state index in [0.29, 0.717) is 11.9 Å². The zero-order chi connectivity index (χ0) is 20.1. The smallest absolute Gasteiger partial charge is 0.228 e. The Kier molecular flexibility index (Phi) is 8.10. The van der Waals surface area contributed by atoms with Crippen molar-refractivity contribution in [3.8, 4) is 0 Å². The highest BCUT2D eigenvalue weighted by molar-refractivity contribution is 6.31. The largest absolute Gasteiger partial charge is 0.354 e. The van der Waals surface area contributed by atoms with Crippen molar-refractivity contribution in [3.05, 3.63) is 10.6 Å². The second-order valence-electron chi connectivity index (χ2n) is 8.65. The molecule has 0 spiro atoms. The lowest BCUT2D eigenvalue weighted by molar-refractivity contribution is -0.288. The van der Waals surface area contributed by atoms with Gasteiger partial charge < -0.3 is 5.32 Å². The normalized spacial score (nSPS) is 20.0. The summed E-state index contributed by atoms with van der Waals surface area (Å²) < 4.78 is 0. The Morgan fingerprint density at radius 3 is 2.19 bits per heavy atom. The quantitative estimate of drug-likeness (QED) is 0.544. The fourth-order valence-electron chi connectivity index (χ4n) is 4.37. The van der Waals surface area contributed by atoms with Gasteiger partial charge in [0.05, 0.1) is 6.61 Å². The lowest BCUT2D eigenvalue weighted by Gasteiger charge is -2.54. The van der Waals surface area contributed by atoms with Crippen molar-refractivity contribution in [3.63, 3.8) is 0 Å². The number of hydrogen-bond acceptors (Lipinski definition) is 6. The molecule has 27 heavy (non-hydrogen) atoms. The monoisotopic (exact) mass is 417 g/mol. The minimum atomic E-state index is 0.0538. The van der Waals surface area contributed by atoms with Crippen molar-refractivity contribution in [1.29, 1.82) is 0 Å². The minimum absolute atomic E-state index is 0.0538. The molecule has 2 heterocycles. The molecule has 1 aliphatic heterocycles. The first-order valence-electron chi connectivity index (χ1n) is 9.88. The highest BCUT2D eigenvalue weighted by Gasteiger charge is 2.46. The maximum absolute atomic E-state index is 6.11. The van der Waals surface area contributed by atoms with Crippen LogP contribution >= 0.6 is 23.2 Å². The number of nitrogens with one attached hydrogen (secondary N) is 1. The average Bonchev–Trinajstić information content (AvgIpc) is 2.51. The summed E-state index contributed by atoms with van der Waals surface area (Å²) in [7, 11) is 0. The van der Waals surface area contributed by atoms with E-state index < -0.39 is 0 Å². The Labute approximate surface area is 173 Å². The number of unbranched alkanes of at least 4 members (excludes halogenated alkanes) is 1. The van der Waals surface area contributed by atoms with Gasteiger partial charge in [0.25, 0.3) is 0 Å². The molecule has 1 fully saturated rings. The Morgan fingerprint density at radius 2 is 1.63 bits per heavy atom. The van der Waals surface area contributed by atoms with Gasteiger partial charge >= 0.3 is 0 Å². The van der Waals surface area contributed by atoms with E-state index >= 15 is 0 Å². The van der Waals surface area contributed by atoms with Crippen LogP contribution in [-0.2, 0) is 4.84 Å². The maximum Gasteiger partial charge on any atom is 0.228 e. The van der Waals surface area contributed by atoms with E-state index in [1.165, 1.54) is 6.42 Å². The maximum atomic E-state index is 6.11. The first kappa shape index (κ1) is 22.6. The standard InChI is InChI=1S/C19H33Cl2N5O/c1-6-11-27-26-18(2,3)12-14(13-19(26,4)5)9-7-8-10-22-17-24-15(20)23-16(21)25-17/h14H,6-13H2,1-5H3,(H,22,23,24,25). The molecule has 1 aromatic rings. The molecule has 0 radical (unpaired) electrons. The summed E-state index contributed by atoms with van der Waals surface area (Å²) in [5, 5.41) is 5.63. The van der Waals surface area contributed by atoms with Crippen LogP contribution in [0.3, 0.4) is 0 Å². The van der Waals surface area contributed by atoms with Gasteiger partial charge in [-0.2, -0.15) is 20.0 Å². The molecule has 6 nitrogen and oxygen atoms in total. The van der Waals surface area contributed by atoms with Crippen molar-refractivity contribution < 1.29 is 4.84 Å². The van der Waals surface area contributed by atoms with E-state index in [-0.39, 0.29) is 21.6 Å². The molecule has 0 atom stereocenters. The highest BCUT2D eigenvalue weighted by Crippen LogP contribution is 2.43. The summed E-state index contributed by atoms with van der Waals surface area (Å²) in [5.74, 6) is 1.14. The molecule has 0 unspecified atom stereocenters. The summed E-state index contributed by atoms with van der Waals surface area (Å²) in [6.07, 6.45) is 6.78. The molecule has 8 heteroatoms. The van der Waals surface area contributed by atoms with Crippen molar-refractivity contribution in [2.24, 2.45) is 5.92 Å². The average molecular weight is 418 g/mol. The topological polar surface area (TPSA) is 63.2 Å². The van der Waals surface area contributed by atoms with Crippen molar-refractivity contribution >= 4 is 29.2 Å². The van der Waals surface area contributed by atoms with Gasteiger partial charge in [-0.15, -0.1) is 0 Å². The van der Waals surface area contributed by atoms with Crippen LogP contribution in [-0.4, -0.2) is 44.2 Å². The molecular weight excluding hydrogens is 385 g/mol. The zero-order valence-electron chi connectivity index (χ0n) is 17.2.